The van der Waals surface area contributed by atoms with Crippen LogP contribution in [0.3, 0.4) is 0 Å². The number of hydrogen-bond donors (Lipinski definition) is 1. The van der Waals surface area contributed by atoms with Crippen molar-refractivity contribution in [2.75, 3.05) is 25.0 Å². The van der Waals surface area contributed by atoms with Crippen LogP contribution < -0.4 is 15.8 Å². The summed E-state index contributed by atoms with van der Waals surface area (Å²) in [6.45, 7) is 1.27. The summed E-state index contributed by atoms with van der Waals surface area (Å²) in [5.41, 5.74) is 0.794. The number of anilines is 1. The lowest BCUT2D eigenvalue weighted by molar-refractivity contribution is -0.121. The zero-order valence-corrected chi connectivity index (χ0v) is 16.4. The fourth-order valence-corrected chi connectivity index (χ4v) is 2.67. The van der Waals surface area contributed by atoms with Crippen LogP contribution in [0, 0.1) is 0 Å². The minimum Gasteiger partial charge on any atom is -0.375 e. The molecule has 24 heavy (non-hydrogen) atoms. The molecule has 8 heteroatoms. The number of hydrogen-bond acceptors (Lipinski definition) is 4. The molecular weight excluding hydrogens is 440 g/mol. The molecule has 1 heterocycles. The van der Waals surface area contributed by atoms with E-state index in [9.17, 15) is 9.59 Å². The van der Waals surface area contributed by atoms with E-state index in [1.165, 1.54) is 6.20 Å². The van der Waals surface area contributed by atoms with E-state index in [2.05, 4.69) is 47.2 Å². The van der Waals surface area contributed by atoms with Gasteiger partial charge in [0.25, 0.3) is 5.56 Å². The highest BCUT2D eigenvalue weighted by Gasteiger charge is 2.10. The summed E-state index contributed by atoms with van der Waals surface area (Å²) in [6.07, 6.45) is 2.29. The van der Waals surface area contributed by atoms with Gasteiger partial charge in [0.15, 0.2) is 0 Å². The van der Waals surface area contributed by atoms with Gasteiger partial charge < -0.3 is 10.2 Å². The van der Waals surface area contributed by atoms with Crippen LogP contribution in [-0.2, 0) is 11.3 Å². The third-order valence-corrected chi connectivity index (χ3v) is 5.32. The van der Waals surface area contributed by atoms with E-state index in [4.69, 9.17) is 0 Å². The molecule has 0 bridgehead atoms. The first-order valence-electron chi connectivity index (χ1n) is 7.43. The van der Waals surface area contributed by atoms with Crippen LogP contribution in [0.4, 0.5) is 5.69 Å². The van der Waals surface area contributed by atoms with Gasteiger partial charge in [-0.3, -0.25) is 9.59 Å². The second-order valence-electron chi connectivity index (χ2n) is 5.23. The van der Waals surface area contributed by atoms with Crippen molar-refractivity contribution < 1.29 is 4.79 Å². The maximum Gasteiger partial charge on any atom is 0.282 e. The van der Waals surface area contributed by atoms with Crippen molar-refractivity contribution >= 4 is 43.5 Å². The molecule has 0 aliphatic rings. The summed E-state index contributed by atoms with van der Waals surface area (Å²) >= 11 is 6.37. The quantitative estimate of drug-likeness (QED) is 0.648. The zero-order valence-electron chi connectivity index (χ0n) is 13.2. The highest BCUT2D eigenvalue weighted by atomic mass is 79.9. The molecule has 0 radical (unpaired) electrons. The normalized spacial score (nSPS) is 10.5. The van der Waals surface area contributed by atoms with Crippen molar-refractivity contribution in [2.45, 2.75) is 13.0 Å². The van der Waals surface area contributed by atoms with Crippen LogP contribution in [0.25, 0.3) is 0 Å². The van der Waals surface area contributed by atoms with E-state index in [-0.39, 0.29) is 18.0 Å². The fourth-order valence-electron chi connectivity index (χ4n) is 2.11. The maximum atomic E-state index is 11.9. The first kappa shape index (κ1) is 18.7. The first-order chi connectivity index (χ1) is 11.5. The average molecular weight is 458 g/mol. The Morgan fingerprint density at radius 2 is 2.00 bits per heavy atom. The number of aromatic nitrogens is 2. The highest BCUT2D eigenvalue weighted by Crippen LogP contribution is 2.16. The smallest absolute Gasteiger partial charge is 0.282 e. The van der Waals surface area contributed by atoms with Crippen LogP contribution in [0.15, 0.2) is 50.3 Å². The van der Waals surface area contributed by atoms with Gasteiger partial charge in [0, 0.05) is 25.8 Å². The lowest BCUT2D eigenvalue weighted by Gasteiger charge is -2.19. The number of carbonyl (C=O) groups excluding carboxylic acids is 1. The van der Waals surface area contributed by atoms with Crippen LogP contribution >= 0.6 is 31.9 Å². The van der Waals surface area contributed by atoms with Crippen molar-refractivity contribution in [3.8, 4) is 0 Å². The van der Waals surface area contributed by atoms with Crippen LogP contribution in [0.5, 0.6) is 0 Å². The van der Waals surface area contributed by atoms with Gasteiger partial charge in [0.05, 0.1) is 10.7 Å². The van der Waals surface area contributed by atoms with Gasteiger partial charge in [-0.05, 0) is 50.4 Å². The van der Waals surface area contributed by atoms with Gasteiger partial charge in [0.1, 0.15) is 11.0 Å². The van der Waals surface area contributed by atoms with Crippen molar-refractivity contribution in [1.82, 2.24) is 15.1 Å². The molecular formula is C16H18Br2N4O2. The summed E-state index contributed by atoms with van der Waals surface area (Å²) in [7, 11) is 2.01. The Morgan fingerprint density at radius 1 is 1.29 bits per heavy atom. The Bertz CT molecular complexity index is 749. The molecule has 128 valence electrons. The number of rotatable bonds is 7. The van der Waals surface area contributed by atoms with Gasteiger partial charge in [-0.15, -0.1) is 0 Å². The minimum absolute atomic E-state index is 0.0980. The van der Waals surface area contributed by atoms with Crippen LogP contribution in [-0.4, -0.2) is 35.8 Å². The lowest BCUT2D eigenvalue weighted by atomic mass is 10.3. The maximum absolute atomic E-state index is 11.9. The van der Waals surface area contributed by atoms with Crippen molar-refractivity contribution in [1.29, 1.82) is 0 Å². The topological polar surface area (TPSA) is 67.2 Å². The number of carbonyl (C=O) groups is 1. The Hall–Kier alpha value is -1.67. The molecule has 0 spiro atoms. The van der Waals surface area contributed by atoms with E-state index in [0.29, 0.717) is 15.5 Å². The second kappa shape index (κ2) is 8.98. The largest absolute Gasteiger partial charge is 0.375 e. The summed E-state index contributed by atoms with van der Waals surface area (Å²) in [6, 6.07) is 10.1. The number of nitrogens with zero attached hydrogens (tertiary/aromatic N) is 3. The molecule has 0 unspecified atom stereocenters. The number of para-hydroxylation sites is 1. The molecule has 2 rings (SSSR count). The molecule has 0 aliphatic carbocycles. The van der Waals surface area contributed by atoms with Crippen molar-refractivity contribution in [3.05, 3.63) is 55.8 Å². The lowest BCUT2D eigenvalue weighted by Crippen LogP contribution is -2.35. The van der Waals surface area contributed by atoms with Gasteiger partial charge in [-0.2, -0.15) is 5.10 Å². The van der Waals surface area contributed by atoms with Gasteiger partial charge in [-0.25, -0.2) is 4.68 Å². The molecule has 1 aromatic carbocycles. The second-order valence-corrected chi connectivity index (χ2v) is 6.88. The number of benzene rings is 1. The van der Waals surface area contributed by atoms with E-state index >= 15 is 0 Å². The van der Waals surface area contributed by atoms with Gasteiger partial charge in [-0.1, -0.05) is 18.2 Å². The summed E-state index contributed by atoms with van der Waals surface area (Å²) in [4.78, 5) is 26.0. The molecule has 1 N–H and O–H groups in total. The Labute approximate surface area is 157 Å². The number of amides is 1. The molecule has 0 saturated heterocycles. The molecule has 2 aromatic rings. The Balaban J connectivity index is 1.76. The first-order valence-corrected chi connectivity index (χ1v) is 9.01. The van der Waals surface area contributed by atoms with Crippen molar-refractivity contribution in [2.24, 2.45) is 0 Å². The van der Waals surface area contributed by atoms with Crippen molar-refractivity contribution in [3.63, 3.8) is 0 Å². The monoisotopic (exact) mass is 456 g/mol. The molecule has 0 aliphatic heterocycles. The number of halogens is 2. The SMILES string of the molecule is CN(CCCNC(=O)Cn1ncc(Br)c(Br)c1=O)c1ccccc1. The molecule has 1 amide bonds. The number of nitrogens with one attached hydrogen (secondary N) is 1. The highest BCUT2D eigenvalue weighted by molar-refractivity contribution is 9.13. The summed E-state index contributed by atoms with van der Waals surface area (Å²) in [5.74, 6) is -0.235. The van der Waals surface area contributed by atoms with Crippen LogP contribution in [0.1, 0.15) is 6.42 Å². The Kier molecular flexibility index (Phi) is 6.99. The standard InChI is InChI=1S/C16H18Br2N4O2/c1-21(12-6-3-2-4-7-12)9-5-8-19-14(23)11-22-16(24)15(18)13(17)10-20-22/h2-4,6-7,10H,5,8-9,11H2,1H3,(H,19,23). The van der Waals surface area contributed by atoms with Gasteiger partial charge in [0.2, 0.25) is 5.91 Å². The molecule has 0 fully saturated rings. The molecule has 1 aromatic heterocycles. The molecule has 6 nitrogen and oxygen atoms in total. The third kappa shape index (κ3) is 5.17. The van der Waals surface area contributed by atoms with E-state index in [0.717, 1.165) is 23.3 Å². The van der Waals surface area contributed by atoms with E-state index < -0.39 is 0 Å². The van der Waals surface area contributed by atoms with Gasteiger partial charge >= 0.3 is 0 Å². The van der Waals surface area contributed by atoms with Crippen LogP contribution in [0.2, 0.25) is 0 Å². The fraction of sp³-hybridized carbons (Fsp3) is 0.312. The average Bonchev–Trinajstić information content (AvgIpc) is 2.60. The van der Waals surface area contributed by atoms with E-state index in [1.807, 2.05) is 37.4 Å². The third-order valence-electron chi connectivity index (χ3n) is 3.43. The molecule has 0 saturated carbocycles. The van der Waals surface area contributed by atoms with E-state index in [1.54, 1.807) is 0 Å². The predicted molar refractivity (Wildman–Crippen MR) is 101 cm³/mol. The minimum atomic E-state index is -0.344. The molecule has 0 atom stereocenters. The zero-order chi connectivity index (χ0) is 17.5. The summed E-state index contributed by atoms with van der Waals surface area (Å²) < 4.78 is 2.04. The predicted octanol–water partition coefficient (Wildman–Crippen LogP) is 2.41. The Morgan fingerprint density at radius 3 is 2.71 bits per heavy atom. The summed E-state index contributed by atoms with van der Waals surface area (Å²) in [5, 5.41) is 6.74.